The summed E-state index contributed by atoms with van der Waals surface area (Å²) in [6.45, 7) is -0.291. The standard InChI is InChI=1S/C24H17ClF2N2O2/c25-23-10-8-15(13-29-23)7-9-21(30)16-11-12-28-24-17(16)3-1-6-22(24)31-14-18-19(26)4-2-5-20(18)27/h1-6,8,10-13H,7,9,14H2. The van der Waals surface area contributed by atoms with E-state index in [2.05, 4.69) is 9.97 Å². The fourth-order valence-electron chi connectivity index (χ4n) is 3.28. The Kier molecular flexibility index (Phi) is 6.18. The number of benzene rings is 2. The minimum absolute atomic E-state index is 0.0559. The first-order valence-corrected chi connectivity index (χ1v) is 9.98. The average Bonchev–Trinajstić information content (AvgIpc) is 2.78. The number of aromatic nitrogens is 2. The largest absolute Gasteiger partial charge is 0.486 e. The highest BCUT2D eigenvalue weighted by atomic mass is 35.5. The van der Waals surface area contributed by atoms with E-state index in [0.29, 0.717) is 33.8 Å². The molecule has 4 aromatic rings. The van der Waals surface area contributed by atoms with Gasteiger partial charge in [0.25, 0.3) is 0 Å². The second-order valence-corrected chi connectivity index (χ2v) is 7.30. The van der Waals surface area contributed by atoms with E-state index in [4.69, 9.17) is 16.3 Å². The Hall–Kier alpha value is -3.38. The van der Waals surface area contributed by atoms with E-state index < -0.39 is 11.6 Å². The summed E-state index contributed by atoms with van der Waals surface area (Å²) in [5.41, 5.74) is 1.71. The number of carbonyl (C=O) groups is 1. The smallest absolute Gasteiger partial charge is 0.163 e. The summed E-state index contributed by atoms with van der Waals surface area (Å²) in [4.78, 5) is 21.2. The summed E-state index contributed by atoms with van der Waals surface area (Å²) in [6, 6.07) is 14.0. The van der Waals surface area contributed by atoms with Gasteiger partial charge in [-0.2, -0.15) is 0 Å². The quantitative estimate of drug-likeness (QED) is 0.264. The van der Waals surface area contributed by atoms with Gasteiger partial charge in [-0.15, -0.1) is 0 Å². The van der Waals surface area contributed by atoms with Crippen molar-refractivity contribution in [1.29, 1.82) is 0 Å². The lowest BCUT2D eigenvalue weighted by molar-refractivity contribution is 0.0984. The number of carbonyl (C=O) groups excluding carboxylic acids is 1. The molecule has 7 heteroatoms. The molecule has 0 spiro atoms. The van der Waals surface area contributed by atoms with Crippen LogP contribution in [-0.4, -0.2) is 15.8 Å². The van der Waals surface area contributed by atoms with E-state index >= 15 is 0 Å². The second-order valence-electron chi connectivity index (χ2n) is 6.91. The molecule has 0 radical (unpaired) electrons. The average molecular weight is 439 g/mol. The van der Waals surface area contributed by atoms with Crippen LogP contribution >= 0.6 is 11.6 Å². The van der Waals surface area contributed by atoms with Gasteiger partial charge in [-0.05, 0) is 42.3 Å². The van der Waals surface area contributed by atoms with E-state index in [1.165, 1.54) is 24.4 Å². The lowest BCUT2D eigenvalue weighted by Gasteiger charge is -2.12. The topological polar surface area (TPSA) is 52.1 Å². The van der Waals surface area contributed by atoms with E-state index in [-0.39, 0.29) is 24.4 Å². The Labute approximate surface area is 182 Å². The molecule has 0 aliphatic heterocycles. The van der Waals surface area contributed by atoms with Crippen LogP contribution in [0.1, 0.15) is 27.9 Å². The van der Waals surface area contributed by atoms with Gasteiger partial charge in [-0.25, -0.2) is 13.8 Å². The predicted octanol–water partition coefficient (Wildman–Crippen LogP) is 5.96. The number of fused-ring (bicyclic) bond motifs is 1. The zero-order valence-electron chi connectivity index (χ0n) is 16.3. The van der Waals surface area contributed by atoms with Gasteiger partial charge in [0.15, 0.2) is 5.78 Å². The molecule has 0 atom stereocenters. The summed E-state index contributed by atoms with van der Waals surface area (Å²) in [5, 5.41) is 1.02. The van der Waals surface area contributed by atoms with E-state index in [0.717, 1.165) is 5.56 Å². The summed E-state index contributed by atoms with van der Waals surface area (Å²) < 4.78 is 33.5. The van der Waals surface area contributed by atoms with Crippen molar-refractivity contribution in [2.24, 2.45) is 0 Å². The van der Waals surface area contributed by atoms with Crippen LogP contribution < -0.4 is 4.74 Å². The maximum atomic E-state index is 13.9. The molecule has 4 rings (SSSR count). The third-order valence-electron chi connectivity index (χ3n) is 4.90. The summed E-state index contributed by atoms with van der Waals surface area (Å²) in [7, 11) is 0. The number of ketones is 1. The maximum Gasteiger partial charge on any atom is 0.163 e. The van der Waals surface area contributed by atoms with Crippen LogP contribution in [0.15, 0.2) is 67.0 Å². The van der Waals surface area contributed by atoms with Crippen molar-refractivity contribution >= 4 is 28.3 Å². The van der Waals surface area contributed by atoms with Crippen molar-refractivity contribution in [3.05, 3.63) is 100 Å². The number of ether oxygens (including phenoxy) is 1. The molecule has 0 aliphatic carbocycles. The van der Waals surface area contributed by atoms with Gasteiger partial charge < -0.3 is 4.74 Å². The third kappa shape index (κ3) is 4.70. The first-order valence-electron chi connectivity index (χ1n) is 9.60. The molecule has 0 amide bonds. The first-order chi connectivity index (χ1) is 15.0. The summed E-state index contributed by atoms with van der Waals surface area (Å²) >= 11 is 5.79. The summed E-state index contributed by atoms with van der Waals surface area (Å²) in [6.07, 6.45) is 3.98. The molecule has 0 saturated carbocycles. The van der Waals surface area contributed by atoms with Gasteiger partial charge in [0.2, 0.25) is 0 Å². The van der Waals surface area contributed by atoms with Crippen LogP contribution in [0.4, 0.5) is 8.78 Å². The summed E-state index contributed by atoms with van der Waals surface area (Å²) in [5.74, 6) is -1.07. The Morgan fingerprint density at radius 1 is 0.968 bits per heavy atom. The zero-order valence-corrected chi connectivity index (χ0v) is 17.1. The van der Waals surface area contributed by atoms with Gasteiger partial charge in [-0.3, -0.25) is 9.78 Å². The predicted molar refractivity (Wildman–Crippen MR) is 114 cm³/mol. The number of para-hydroxylation sites is 1. The van der Waals surface area contributed by atoms with Crippen LogP contribution in [0.5, 0.6) is 5.75 Å². The molecule has 0 bridgehead atoms. The fourth-order valence-corrected chi connectivity index (χ4v) is 3.39. The Morgan fingerprint density at radius 2 is 1.74 bits per heavy atom. The molecule has 2 aromatic carbocycles. The number of nitrogens with zero attached hydrogens (tertiary/aromatic N) is 2. The van der Waals surface area contributed by atoms with Crippen molar-refractivity contribution in [2.45, 2.75) is 19.4 Å². The molecular formula is C24H17ClF2N2O2. The van der Waals surface area contributed by atoms with Gasteiger partial charge in [-0.1, -0.05) is 35.9 Å². The molecule has 31 heavy (non-hydrogen) atoms. The Balaban J connectivity index is 1.56. The molecule has 0 fully saturated rings. The maximum absolute atomic E-state index is 13.9. The van der Waals surface area contributed by atoms with E-state index in [1.807, 2.05) is 6.07 Å². The second kappa shape index (κ2) is 9.18. The van der Waals surface area contributed by atoms with Gasteiger partial charge >= 0.3 is 0 Å². The molecule has 2 aromatic heterocycles. The number of Topliss-reactive ketones (excluding diaryl/α,β-unsaturated/α-hetero) is 1. The molecule has 0 N–H and O–H groups in total. The fraction of sp³-hybridized carbons (Fsp3) is 0.125. The SMILES string of the molecule is O=C(CCc1ccc(Cl)nc1)c1ccnc2c(OCc3c(F)cccc3F)cccc12. The third-order valence-corrected chi connectivity index (χ3v) is 5.12. The van der Waals surface area contributed by atoms with Crippen LogP contribution in [0, 0.1) is 11.6 Å². The van der Waals surface area contributed by atoms with Crippen LogP contribution in [0.25, 0.3) is 10.9 Å². The molecule has 0 aliphatic rings. The number of halogens is 3. The van der Waals surface area contributed by atoms with Gasteiger partial charge in [0.1, 0.15) is 34.7 Å². The number of aryl methyl sites for hydroxylation is 1. The number of rotatable bonds is 7. The number of hydrogen-bond acceptors (Lipinski definition) is 4. The highest BCUT2D eigenvalue weighted by Crippen LogP contribution is 2.28. The molecule has 0 unspecified atom stereocenters. The number of hydrogen-bond donors (Lipinski definition) is 0. The lowest BCUT2D eigenvalue weighted by atomic mass is 10.0. The van der Waals surface area contributed by atoms with Crippen LogP contribution in [0.2, 0.25) is 5.15 Å². The first kappa shape index (κ1) is 20.9. The minimum Gasteiger partial charge on any atom is -0.486 e. The molecule has 156 valence electrons. The normalized spacial score (nSPS) is 10.9. The van der Waals surface area contributed by atoms with Gasteiger partial charge in [0.05, 0.1) is 5.56 Å². The Bertz CT molecular complexity index is 1230. The van der Waals surface area contributed by atoms with E-state index in [9.17, 15) is 13.6 Å². The molecule has 0 saturated heterocycles. The Morgan fingerprint density at radius 3 is 2.48 bits per heavy atom. The van der Waals surface area contributed by atoms with Crippen molar-refractivity contribution in [2.75, 3.05) is 0 Å². The molecular weight excluding hydrogens is 422 g/mol. The van der Waals surface area contributed by atoms with Crippen molar-refractivity contribution < 1.29 is 18.3 Å². The van der Waals surface area contributed by atoms with Crippen molar-refractivity contribution in [3.63, 3.8) is 0 Å². The zero-order chi connectivity index (χ0) is 21.8. The lowest BCUT2D eigenvalue weighted by Crippen LogP contribution is -2.05. The van der Waals surface area contributed by atoms with Gasteiger partial charge in [0, 0.05) is 29.8 Å². The number of pyridine rings is 2. The molecule has 2 heterocycles. The molecule has 4 nitrogen and oxygen atoms in total. The highest BCUT2D eigenvalue weighted by Gasteiger charge is 2.15. The monoisotopic (exact) mass is 438 g/mol. The minimum atomic E-state index is -0.680. The van der Waals surface area contributed by atoms with Crippen LogP contribution in [0.3, 0.4) is 0 Å². The van der Waals surface area contributed by atoms with Crippen LogP contribution in [-0.2, 0) is 13.0 Å². The van der Waals surface area contributed by atoms with Crippen molar-refractivity contribution in [3.8, 4) is 5.75 Å². The van der Waals surface area contributed by atoms with E-state index in [1.54, 1.807) is 36.5 Å². The van der Waals surface area contributed by atoms with Crippen molar-refractivity contribution in [1.82, 2.24) is 9.97 Å². The highest BCUT2D eigenvalue weighted by molar-refractivity contribution is 6.29.